The van der Waals surface area contributed by atoms with Gasteiger partial charge in [0, 0.05) is 12.1 Å². The van der Waals surface area contributed by atoms with Crippen LogP contribution >= 0.6 is 0 Å². The molecule has 0 aromatic heterocycles. The molecule has 14 heteroatoms. The number of carbonyl (C=O) groups is 2. The predicted octanol–water partition coefficient (Wildman–Crippen LogP) is 6.16. The predicted molar refractivity (Wildman–Crippen MR) is 107 cm³/mol. The van der Waals surface area contributed by atoms with Crippen LogP contribution < -0.4 is 14.2 Å². The number of carbonyl (C=O) groups excluding carboxylic acids is 2. The highest BCUT2D eigenvalue weighted by Crippen LogP contribution is 2.49. The maximum absolute atomic E-state index is 14.1. The first kappa shape index (κ1) is 27.2. The Balaban J connectivity index is 2.10. The Morgan fingerprint density at radius 1 is 0.703 bits per heavy atom. The van der Waals surface area contributed by atoms with Crippen LogP contribution in [0.2, 0.25) is 0 Å². The average Bonchev–Trinajstić information content (AvgIpc) is 2.77. The van der Waals surface area contributed by atoms with E-state index in [1.807, 2.05) is 0 Å². The average molecular weight is 536 g/mol. The van der Waals surface area contributed by atoms with Crippen LogP contribution in [0, 0.1) is 11.6 Å². The van der Waals surface area contributed by atoms with E-state index in [1.165, 1.54) is 0 Å². The zero-order valence-electron chi connectivity index (χ0n) is 18.1. The number of benzene rings is 3. The normalized spacial score (nSPS) is 11.7. The third kappa shape index (κ3) is 5.90. The summed E-state index contributed by atoms with van der Waals surface area (Å²) in [5.74, 6) is -10.4. The van der Waals surface area contributed by atoms with Gasteiger partial charge in [0.1, 0.15) is 45.8 Å². The molecule has 0 fully saturated rings. The van der Waals surface area contributed by atoms with Gasteiger partial charge in [0.25, 0.3) is 0 Å². The molecule has 0 bridgehead atoms. The largest absolute Gasteiger partial charge is 0.508 e. The fraction of sp³-hybridized carbons (Fsp3) is 0.130. The van der Waals surface area contributed by atoms with E-state index in [2.05, 4.69) is 9.47 Å². The van der Waals surface area contributed by atoms with Crippen molar-refractivity contribution in [3.8, 4) is 23.0 Å². The second-order valence-corrected chi connectivity index (χ2v) is 7.10. The van der Waals surface area contributed by atoms with Gasteiger partial charge in [-0.15, -0.1) is 0 Å². The minimum absolute atomic E-state index is 0.0689. The van der Waals surface area contributed by atoms with Gasteiger partial charge in [-0.05, 0) is 36.4 Å². The van der Waals surface area contributed by atoms with Gasteiger partial charge in [0.15, 0.2) is 0 Å². The van der Waals surface area contributed by atoms with E-state index >= 15 is 0 Å². The molecule has 3 aromatic carbocycles. The van der Waals surface area contributed by atoms with Crippen molar-refractivity contribution in [1.29, 1.82) is 0 Å². The maximum Gasteiger partial charge on any atom is 0.420 e. The lowest BCUT2D eigenvalue weighted by Gasteiger charge is -2.21. The number of halogens is 8. The molecule has 0 radical (unpaired) electrons. The second-order valence-electron chi connectivity index (χ2n) is 7.10. The third-order valence-corrected chi connectivity index (χ3v) is 4.67. The number of esters is 2. The Kier molecular flexibility index (Phi) is 7.32. The molecule has 0 saturated carbocycles. The number of hydrogen-bond acceptors (Lipinski definition) is 6. The van der Waals surface area contributed by atoms with E-state index in [1.54, 1.807) is 0 Å². The summed E-state index contributed by atoms with van der Waals surface area (Å²) < 4.78 is 124. The Bertz CT molecular complexity index is 1360. The minimum atomic E-state index is -5.83. The summed E-state index contributed by atoms with van der Waals surface area (Å²) >= 11 is 0. The molecule has 0 atom stereocenters. The van der Waals surface area contributed by atoms with E-state index in [4.69, 9.17) is 4.74 Å². The molecular formula is C23H12F8O6. The third-order valence-electron chi connectivity index (χ3n) is 4.67. The molecule has 0 spiro atoms. The summed E-state index contributed by atoms with van der Waals surface area (Å²) in [6.45, 7) is 0. The number of ether oxygens (including phenoxy) is 3. The Morgan fingerprint density at radius 3 is 1.51 bits per heavy atom. The summed E-state index contributed by atoms with van der Waals surface area (Å²) in [6, 6.07) is 4.83. The highest BCUT2D eigenvalue weighted by atomic mass is 19.4. The molecule has 0 aliphatic carbocycles. The van der Waals surface area contributed by atoms with Crippen LogP contribution in [0.3, 0.4) is 0 Å². The van der Waals surface area contributed by atoms with Gasteiger partial charge in [-0.3, -0.25) is 0 Å². The van der Waals surface area contributed by atoms with Crippen molar-refractivity contribution >= 4 is 11.9 Å². The number of hydrogen-bond donors (Lipinski definition) is 1. The highest BCUT2D eigenvalue weighted by Gasteiger charge is 2.49. The van der Waals surface area contributed by atoms with E-state index in [0.29, 0.717) is 18.2 Å². The van der Waals surface area contributed by atoms with E-state index < -0.39 is 75.4 Å². The van der Waals surface area contributed by atoms with Gasteiger partial charge in [-0.2, -0.15) is 26.3 Å². The Labute approximate surface area is 201 Å². The zero-order valence-corrected chi connectivity index (χ0v) is 18.1. The number of alkyl halides is 6. The van der Waals surface area contributed by atoms with Crippen LogP contribution in [0.4, 0.5) is 35.1 Å². The van der Waals surface area contributed by atoms with E-state index in [0.717, 1.165) is 25.3 Å². The van der Waals surface area contributed by atoms with Crippen molar-refractivity contribution in [3.63, 3.8) is 0 Å². The number of methoxy groups -OCH3 is 1. The van der Waals surface area contributed by atoms with Gasteiger partial charge in [-0.1, -0.05) is 0 Å². The van der Waals surface area contributed by atoms with Gasteiger partial charge in [0.2, 0.25) is 0 Å². The molecule has 1 N–H and O–H groups in total. The monoisotopic (exact) mass is 536 g/mol. The van der Waals surface area contributed by atoms with E-state index in [-0.39, 0.29) is 17.9 Å². The SMILES string of the molecule is COc1ccc(C(=O)Oc2ccc(OC(=O)c3ccc(O)cc3F)c(C(F)(F)F)c2C(F)(F)F)c(F)c1. The lowest BCUT2D eigenvalue weighted by molar-refractivity contribution is -0.163. The van der Waals surface area contributed by atoms with Crippen molar-refractivity contribution < 1.29 is 64.0 Å². The summed E-state index contributed by atoms with van der Waals surface area (Å²) in [6.07, 6.45) is -11.7. The molecular weight excluding hydrogens is 524 g/mol. The topological polar surface area (TPSA) is 82.1 Å². The van der Waals surface area contributed by atoms with Crippen LogP contribution in [-0.4, -0.2) is 24.2 Å². The summed E-state index contributed by atoms with van der Waals surface area (Å²) in [5.41, 5.74) is -7.03. The number of rotatable bonds is 5. The molecule has 196 valence electrons. The minimum Gasteiger partial charge on any atom is -0.508 e. The fourth-order valence-electron chi connectivity index (χ4n) is 3.07. The van der Waals surface area contributed by atoms with Gasteiger partial charge in [0.05, 0.1) is 18.2 Å². The molecule has 0 heterocycles. The lowest BCUT2D eigenvalue weighted by Crippen LogP contribution is -2.22. The number of phenolic OH excluding ortho intramolecular Hbond substituents is 1. The van der Waals surface area contributed by atoms with Crippen molar-refractivity contribution in [2.45, 2.75) is 12.4 Å². The molecule has 0 amide bonds. The van der Waals surface area contributed by atoms with Gasteiger partial charge >= 0.3 is 24.3 Å². The zero-order chi connectivity index (χ0) is 27.7. The van der Waals surface area contributed by atoms with Crippen LogP contribution in [0.5, 0.6) is 23.0 Å². The van der Waals surface area contributed by atoms with Crippen LogP contribution in [0.1, 0.15) is 31.8 Å². The summed E-state index contributed by atoms with van der Waals surface area (Å²) in [4.78, 5) is 24.5. The van der Waals surface area contributed by atoms with Crippen LogP contribution in [0.15, 0.2) is 48.5 Å². The first-order chi connectivity index (χ1) is 17.1. The van der Waals surface area contributed by atoms with Crippen molar-refractivity contribution in [2.24, 2.45) is 0 Å². The van der Waals surface area contributed by atoms with Crippen molar-refractivity contribution in [3.05, 3.63) is 82.4 Å². The lowest BCUT2D eigenvalue weighted by atomic mass is 10.0. The molecule has 0 saturated heterocycles. The fourth-order valence-corrected chi connectivity index (χ4v) is 3.07. The summed E-state index contributed by atoms with van der Waals surface area (Å²) in [5, 5.41) is 9.18. The van der Waals surface area contributed by atoms with Crippen molar-refractivity contribution in [2.75, 3.05) is 7.11 Å². The molecule has 6 nitrogen and oxygen atoms in total. The quantitative estimate of drug-likeness (QED) is 0.239. The second kappa shape index (κ2) is 9.95. The Hall–Kier alpha value is -4.36. The molecule has 0 aliphatic heterocycles. The first-order valence-electron chi connectivity index (χ1n) is 9.71. The highest BCUT2D eigenvalue weighted by molar-refractivity contribution is 5.93. The van der Waals surface area contributed by atoms with E-state index in [9.17, 15) is 49.8 Å². The molecule has 37 heavy (non-hydrogen) atoms. The number of phenols is 1. The molecule has 0 aliphatic rings. The Morgan fingerprint density at radius 2 is 1.14 bits per heavy atom. The molecule has 3 rings (SSSR count). The smallest absolute Gasteiger partial charge is 0.420 e. The molecule has 3 aromatic rings. The standard InChI is InChI=1S/C23H12F8O6/c1-35-11-3-5-13(15(25)9-11)21(34)37-17-7-6-16(18(22(26,27)28)19(17)23(29,30)31)36-20(33)12-4-2-10(32)8-14(12)24/h2-9,32H,1H3. The van der Waals surface area contributed by atoms with Crippen LogP contribution in [-0.2, 0) is 12.4 Å². The molecule has 0 unspecified atom stereocenters. The first-order valence-corrected chi connectivity index (χ1v) is 9.71. The van der Waals surface area contributed by atoms with Gasteiger partial charge < -0.3 is 19.3 Å². The van der Waals surface area contributed by atoms with Crippen LogP contribution in [0.25, 0.3) is 0 Å². The summed E-state index contributed by atoms with van der Waals surface area (Å²) in [7, 11) is 1.16. The maximum atomic E-state index is 14.1. The number of aromatic hydroxyl groups is 1. The van der Waals surface area contributed by atoms with Crippen molar-refractivity contribution in [1.82, 2.24) is 0 Å². The van der Waals surface area contributed by atoms with Gasteiger partial charge in [-0.25, -0.2) is 18.4 Å².